The van der Waals surface area contributed by atoms with Crippen LogP contribution >= 0.6 is 0 Å². The summed E-state index contributed by atoms with van der Waals surface area (Å²) in [4.78, 5) is 35.0. The molecule has 138 valence electrons. The van der Waals surface area contributed by atoms with Crippen LogP contribution < -0.4 is 11.1 Å². The fourth-order valence-electron chi connectivity index (χ4n) is 3.21. The van der Waals surface area contributed by atoms with E-state index in [0.29, 0.717) is 23.2 Å². The molecule has 0 fully saturated rings. The highest BCUT2D eigenvalue weighted by atomic mass is 16.4. The standard InChI is InChI=1S/C20H19N3O4/c1-12-15(10-13-6-3-2-4-7-13)23-9-5-8-14(22-11-16(24)25)18(23)17(12)19(26)20(21)27/h2-9,22H,10-11H2,1H3,(H2,21,27)(H,24,25). The van der Waals surface area contributed by atoms with E-state index in [1.807, 2.05) is 34.7 Å². The van der Waals surface area contributed by atoms with E-state index in [4.69, 9.17) is 10.8 Å². The number of nitrogens with zero attached hydrogens (tertiary/aromatic N) is 1. The van der Waals surface area contributed by atoms with Gasteiger partial charge in [0.25, 0.3) is 11.7 Å². The maximum atomic E-state index is 12.5. The largest absolute Gasteiger partial charge is 0.480 e. The first-order valence-corrected chi connectivity index (χ1v) is 8.36. The summed E-state index contributed by atoms with van der Waals surface area (Å²) >= 11 is 0. The summed E-state index contributed by atoms with van der Waals surface area (Å²) in [5, 5.41) is 11.8. The molecule has 0 aliphatic rings. The number of carbonyl (C=O) groups is 3. The summed E-state index contributed by atoms with van der Waals surface area (Å²) in [7, 11) is 0. The van der Waals surface area contributed by atoms with E-state index in [2.05, 4.69) is 5.32 Å². The number of amides is 1. The molecule has 0 spiro atoms. The molecule has 0 saturated carbocycles. The van der Waals surface area contributed by atoms with E-state index < -0.39 is 17.7 Å². The first kappa shape index (κ1) is 18.2. The molecule has 0 aliphatic carbocycles. The van der Waals surface area contributed by atoms with Gasteiger partial charge < -0.3 is 20.6 Å². The quantitative estimate of drug-likeness (QED) is 0.438. The maximum Gasteiger partial charge on any atom is 0.322 e. The van der Waals surface area contributed by atoms with Crippen LogP contribution in [0.3, 0.4) is 0 Å². The summed E-state index contributed by atoms with van der Waals surface area (Å²) in [6.45, 7) is 1.45. The Morgan fingerprint density at radius 1 is 1.11 bits per heavy atom. The summed E-state index contributed by atoms with van der Waals surface area (Å²) in [5.41, 5.74) is 8.87. The van der Waals surface area contributed by atoms with Crippen molar-refractivity contribution in [2.75, 3.05) is 11.9 Å². The second kappa shape index (κ2) is 7.33. The zero-order valence-electron chi connectivity index (χ0n) is 14.7. The normalized spacial score (nSPS) is 10.7. The van der Waals surface area contributed by atoms with Gasteiger partial charge in [-0.3, -0.25) is 14.4 Å². The number of Topliss-reactive ketones (excluding diaryl/α,β-unsaturated/α-hetero) is 1. The molecule has 0 unspecified atom stereocenters. The number of anilines is 1. The molecule has 0 saturated heterocycles. The van der Waals surface area contributed by atoms with Crippen LogP contribution in [0.2, 0.25) is 0 Å². The monoisotopic (exact) mass is 365 g/mol. The molecule has 0 aliphatic heterocycles. The smallest absolute Gasteiger partial charge is 0.322 e. The third kappa shape index (κ3) is 3.52. The van der Waals surface area contributed by atoms with Crippen molar-refractivity contribution < 1.29 is 19.5 Å². The Morgan fingerprint density at radius 2 is 1.81 bits per heavy atom. The summed E-state index contributed by atoms with van der Waals surface area (Å²) in [5.74, 6) is -2.88. The zero-order chi connectivity index (χ0) is 19.6. The lowest BCUT2D eigenvalue weighted by atomic mass is 10.0. The lowest BCUT2D eigenvalue weighted by Gasteiger charge is -2.09. The van der Waals surface area contributed by atoms with Gasteiger partial charge >= 0.3 is 5.97 Å². The van der Waals surface area contributed by atoms with E-state index in [1.165, 1.54) is 0 Å². The average molecular weight is 365 g/mol. The predicted octanol–water partition coefficient (Wildman–Crippen LogP) is 2.00. The van der Waals surface area contributed by atoms with Crippen molar-refractivity contribution in [2.45, 2.75) is 13.3 Å². The van der Waals surface area contributed by atoms with E-state index in [-0.39, 0.29) is 12.1 Å². The number of nitrogens with two attached hydrogens (primary N) is 1. The highest BCUT2D eigenvalue weighted by Crippen LogP contribution is 2.31. The zero-order valence-corrected chi connectivity index (χ0v) is 14.7. The van der Waals surface area contributed by atoms with Crippen LogP contribution in [0.5, 0.6) is 0 Å². The minimum Gasteiger partial charge on any atom is -0.480 e. The number of hydrogen-bond acceptors (Lipinski definition) is 4. The minimum atomic E-state index is -1.05. The Hall–Kier alpha value is -3.61. The Labute approximate surface area is 155 Å². The van der Waals surface area contributed by atoms with E-state index >= 15 is 0 Å². The molecule has 0 radical (unpaired) electrons. The van der Waals surface area contributed by atoms with Crippen molar-refractivity contribution in [3.63, 3.8) is 0 Å². The molecular weight excluding hydrogens is 346 g/mol. The van der Waals surface area contributed by atoms with Crippen LogP contribution in [0.15, 0.2) is 48.7 Å². The van der Waals surface area contributed by atoms with Gasteiger partial charge in [-0.15, -0.1) is 0 Å². The van der Waals surface area contributed by atoms with Gasteiger partial charge in [0.1, 0.15) is 6.54 Å². The second-order valence-electron chi connectivity index (χ2n) is 6.19. The lowest BCUT2D eigenvalue weighted by Crippen LogP contribution is -2.24. The molecule has 0 atom stereocenters. The SMILES string of the molecule is Cc1c(C(=O)C(N)=O)c2c(NCC(=O)O)cccn2c1Cc1ccccc1. The molecule has 3 aromatic rings. The molecule has 2 heterocycles. The molecule has 4 N–H and O–H groups in total. The van der Waals surface area contributed by atoms with Crippen LogP contribution in [-0.4, -0.2) is 33.7 Å². The fourth-order valence-corrected chi connectivity index (χ4v) is 3.21. The van der Waals surface area contributed by atoms with Crippen LogP contribution in [0.1, 0.15) is 27.2 Å². The number of carbonyl (C=O) groups excluding carboxylic acids is 2. The first-order valence-electron chi connectivity index (χ1n) is 8.36. The number of benzene rings is 1. The number of primary amides is 1. The van der Waals surface area contributed by atoms with Gasteiger partial charge in [0.05, 0.1) is 16.8 Å². The Bertz CT molecular complexity index is 1040. The number of carboxylic acids is 1. The van der Waals surface area contributed by atoms with Crippen LogP contribution in [-0.2, 0) is 16.0 Å². The fraction of sp³-hybridized carbons (Fsp3) is 0.150. The van der Waals surface area contributed by atoms with Gasteiger partial charge in [0.15, 0.2) is 0 Å². The number of pyridine rings is 1. The Morgan fingerprint density at radius 3 is 2.44 bits per heavy atom. The molecule has 7 heteroatoms. The molecular formula is C20H19N3O4. The predicted molar refractivity (Wildman–Crippen MR) is 101 cm³/mol. The average Bonchev–Trinajstić information content (AvgIpc) is 2.92. The number of aromatic nitrogens is 1. The number of ketones is 1. The lowest BCUT2D eigenvalue weighted by molar-refractivity contribution is -0.134. The van der Waals surface area contributed by atoms with Crippen molar-refractivity contribution in [1.29, 1.82) is 0 Å². The molecule has 2 aromatic heterocycles. The molecule has 1 aromatic carbocycles. The molecule has 1 amide bonds. The van der Waals surface area contributed by atoms with Gasteiger partial charge in [-0.25, -0.2) is 0 Å². The summed E-state index contributed by atoms with van der Waals surface area (Å²) < 4.78 is 1.81. The number of fused-ring (bicyclic) bond motifs is 1. The number of nitrogens with one attached hydrogen (secondary N) is 1. The van der Waals surface area contributed by atoms with Crippen molar-refractivity contribution in [2.24, 2.45) is 5.73 Å². The van der Waals surface area contributed by atoms with Gasteiger partial charge in [0, 0.05) is 18.3 Å². The Kier molecular flexibility index (Phi) is 4.94. The van der Waals surface area contributed by atoms with Crippen molar-refractivity contribution in [3.8, 4) is 0 Å². The van der Waals surface area contributed by atoms with Crippen molar-refractivity contribution in [1.82, 2.24) is 4.40 Å². The second-order valence-corrected chi connectivity index (χ2v) is 6.19. The highest BCUT2D eigenvalue weighted by molar-refractivity contribution is 6.44. The summed E-state index contributed by atoms with van der Waals surface area (Å²) in [6.07, 6.45) is 2.33. The third-order valence-corrected chi connectivity index (χ3v) is 4.42. The van der Waals surface area contributed by atoms with Gasteiger partial charge in [-0.05, 0) is 30.2 Å². The first-order chi connectivity index (χ1) is 12.9. The van der Waals surface area contributed by atoms with Gasteiger partial charge in [-0.2, -0.15) is 0 Å². The number of aliphatic carboxylic acids is 1. The third-order valence-electron chi connectivity index (χ3n) is 4.42. The van der Waals surface area contributed by atoms with Crippen LogP contribution in [0, 0.1) is 6.92 Å². The molecule has 0 bridgehead atoms. The van der Waals surface area contributed by atoms with Gasteiger partial charge in [0.2, 0.25) is 0 Å². The van der Waals surface area contributed by atoms with Crippen molar-refractivity contribution in [3.05, 3.63) is 71.0 Å². The van der Waals surface area contributed by atoms with E-state index in [1.54, 1.807) is 25.3 Å². The van der Waals surface area contributed by atoms with E-state index in [0.717, 1.165) is 11.3 Å². The molecule has 3 rings (SSSR count). The highest BCUT2D eigenvalue weighted by Gasteiger charge is 2.25. The van der Waals surface area contributed by atoms with Crippen molar-refractivity contribution >= 4 is 28.9 Å². The maximum absolute atomic E-state index is 12.5. The van der Waals surface area contributed by atoms with Crippen LogP contribution in [0.25, 0.3) is 5.52 Å². The minimum absolute atomic E-state index is 0.196. The number of rotatable bonds is 7. The topological polar surface area (TPSA) is 114 Å². The van der Waals surface area contributed by atoms with Crippen LogP contribution in [0.4, 0.5) is 5.69 Å². The van der Waals surface area contributed by atoms with Gasteiger partial charge in [-0.1, -0.05) is 30.3 Å². The Balaban J connectivity index is 2.23. The molecule has 7 nitrogen and oxygen atoms in total. The van der Waals surface area contributed by atoms with E-state index in [9.17, 15) is 14.4 Å². The molecule has 27 heavy (non-hydrogen) atoms. The summed E-state index contributed by atoms with van der Waals surface area (Å²) in [6, 6.07) is 13.1. The number of carboxylic acid groups (broad SMARTS) is 1. The number of hydrogen-bond donors (Lipinski definition) is 3.